The van der Waals surface area contributed by atoms with Gasteiger partial charge < -0.3 is 4.74 Å². The van der Waals surface area contributed by atoms with Gasteiger partial charge in [-0.3, -0.25) is 15.7 Å². The first kappa shape index (κ1) is 17.4. The molecule has 1 aliphatic carbocycles. The Morgan fingerprint density at radius 3 is 2.84 bits per heavy atom. The van der Waals surface area contributed by atoms with Crippen molar-refractivity contribution < 1.29 is 9.94 Å². The van der Waals surface area contributed by atoms with Gasteiger partial charge in [0.2, 0.25) is 5.88 Å². The molecule has 0 radical (unpaired) electrons. The third-order valence-corrected chi connectivity index (χ3v) is 4.43. The van der Waals surface area contributed by atoms with Gasteiger partial charge in [-0.1, -0.05) is 19.9 Å². The summed E-state index contributed by atoms with van der Waals surface area (Å²) in [6, 6.07) is 7.76. The molecule has 1 aromatic carbocycles. The highest BCUT2D eigenvalue weighted by molar-refractivity contribution is 6.00. The van der Waals surface area contributed by atoms with Gasteiger partial charge in [-0.05, 0) is 67.0 Å². The van der Waals surface area contributed by atoms with Crippen LogP contribution in [0, 0.1) is 12.8 Å². The van der Waals surface area contributed by atoms with Crippen LogP contribution in [0.1, 0.15) is 42.5 Å². The van der Waals surface area contributed by atoms with Crippen LogP contribution >= 0.6 is 0 Å². The molecule has 1 aromatic heterocycles. The Labute approximate surface area is 148 Å². The highest BCUT2D eigenvalue weighted by atomic mass is 16.5. The highest BCUT2D eigenvalue weighted by Crippen LogP contribution is 2.35. The molecule has 5 heteroatoms. The summed E-state index contributed by atoms with van der Waals surface area (Å²) in [4.78, 5) is 8.80. The van der Waals surface area contributed by atoms with E-state index in [9.17, 15) is 5.21 Å². The van der Waals surface area contributed by atoms with Gasteiger partial charge in [-0.2, -0.15) is 0 Å². The average Bonchev–Trinajstić information content (AvgIpc) is 3.10. The van der Waals surface area contributed by atoms with Gasteiger partial charge in [-0.25, -0.2) is 4.98 Å². The third kappa shape index (κ3) is 3.82. The lowest BCUT2D eigenvalue weighted by atomic mass is 10.0. The Morgan fingerprint density at radius 2 is 2.08 bits per heavy atom. The van der Waals surface area contributed by atoms with Gasteiger partial charge in [0.15, 0.2) is 5.84 Å². The SMILES string of the molecule is Cc1ccc(Oc2ncccc2C(=NCC(C)C)NO)c2c1CCC2. The molecule has 0 bridgehead atoms. The van der Waals surface area contributed by atoms with Crippen LogP contribution in [0.4, 0.5) is 0 Å². The molecule has 0 fully saturated rings. The van der Waals surface area contributed by atoms with Gasteiger partial charge in [0.05, 0.1) is 5.56 Å². The largest absolute Gasteiger partial charge is 0.438 e. The lowest BCUT2D eigenvalue weighted by Crippen LogP contribution is -2.22. The molecule has 132 valence electrons. The molecule has 1 heterocycles. The Bertz CT molecular complexity index is 785. The fourth-order valence-electron chi connectivity index (χ4n) is 3.16. The van der Waals surface area contributed by atoms with Crippen LogP contribution in [0.25, 0.3) is 0 Å². The lowest BCUT2D eigenvalue weighted by molar-refractivity contribution is 0.234. The zero-order valence-corrected chi connectivity index (χ0v) is 15.0. The summed E-state index contributed by atoms with van der Waals surface area (Å²) in [6.07, 6.45) is 4.98. The van der Waals surface area contributed by atoms with Crippen LogP contribution in [0.2, 0.25) is 0 Å². The van der Waals surface area contributed by atoms with Crippen molar-refractivity contribution in [1.82, 2.24) is 10.5 Å². The minimum atomic E-state index is 0.376. The first-order chi connectivity index (χ1) is 12.1. The van der Waals surface area contributed by atoms with E-state index in [0.29, 0.717) is 29.7 Å². The summed E-state index contributed by atoms with van der Waals surface area (Å²) >= 11 is 0. The number of amidine groups is 1. The maximum absolute atomic E-state index is 9.51. The molecule has 2 N–H and O–H groups in total. The highest BCUT2D eigenvalue weighted by Gasteiger charge is 2.20. The number of nitrogens with zero attached hydrogens (tertiary/aromatic N) is 2. The van der Waals surface area contributed by atoms with E-state index in [0.717, 1.165) is 25.0 Å². The monoisotopic (exact) mass is 339 g/mol. The summed E-state index contributed by atoms with van der Waals surface area (Å²) < 4.78 is 6.15. The number of aliphatic imine (C=N–C) groups is 1. The number of nitrogens with one attached hydrogen (secondary N) is 1. The standard InChI is InChI=1S/C20H25N3O2/c1-13(2)12-22-19(23-24)17-8-5-11-21-20(17)25-18-10-9-14(3)15-6-4-7-16(15)18/h5,8-11,13,24H,4,6-7,12H2,1-3H3,(H,22,23). The van der Waals surface area contributed by atoms with E-state index < -0.39 is 0 Å². The van der Waals surface area contributed by atoms with Crippen LogP contribution in [0.15, 0.2) is 35.5 Å². The van der Waals surface area contributed by atoms with Gasteiger partial charge in [-0.15, -0.1) is 0 Å². The number of ether oxygens (including phenoxy) is 1. The van der Waals surface area contributed by atoms with Crippen LogP contribution < -0.4 is 10.2 Å². The molecule has 25 heavy (non-hydrogen) atoms. The molecule has 0 amide bonds. The molecular formula is C20H25N3O2. The Hall–Kier alpha value is -2.40. The summed E-state index contributed by atoms with van der Waals surface area (Å²) in [5, 5.41) is 9.51. The van der Waals surface area contributed by atoms with Crippen LogP contribution in [0.3, 0.4) is 0 Å². The first-order valence-corrected chi connectivity index (χ1v) is 8.79. The zero-order valence-electron chi connectivity index (χ0n) is 15.0. The number of hydroxylamine groups is 1. The molecule has 0 saturated heterocycles. The quantitative estimate of drug-likeness (QED) is 0.490. The molecule has 3 rings (SSSR count). The second-order valence-electron chi connectivity index (χ2n) is 6.84. The van der Waals surface area contributed by atoms with E-state index in [4.69, 9.17) is 4.74 Å². The second kappa shape index (κ2) is 7.66. The summed E-state index contributed by atoms with van der Waals surface area (Å²) in [6.45, 7) is 6.91. The molecule has 0 saturated carbocycles. The summed E-state index contributed by atoms with van der Waals surface area (Å²) in [5.41, 5.74) is 6.82. The van der Waals surface area contributed by atoms with Crippen LogP contribution in [-0.4, -0.2) is 22.6 Å². The molecule has 0 atom stereocenters. The van der Waals surface area contributed by atoms with E-state index in [1.54, 1.807) is 6.20 Å². The lowest BCUT2D eigenvalue weighted by Gasteiger charge is -2.15. The van der Waals surface area contributed by atoms with Gasteiger partial charge in [0, 0.05) is 12.7 Å². The van der Waals surface area contributed by atoms with E-state index in [1.165, 1.54) is 16.7 Å². The van der Waals surface area contributed by atoms with E-state index in [1.807, 2.05) is 18.2 Å². The Balaban J connectivity index is 1.95. The number of benzene rings is 1. The normalized spacial score (nSPS) is 13.9. The number of hydrogen-bond acceptors (Lipinski definition) is 4. The number of aryl methyl sites for hydroxylation is 1. The predicted molar refractivity (Wildman–Crippen MR) is 98.7 cm³/mol. The fraction of sp³-hybridized carbons (Fsp3) is 0.400. The predicted octanol–water partition coefficient (Wildman–Crippen LogP) is 4.05. The molecule has 2 aromatic rings. The van der Waals surface area contributed by atoms with E-state index in [-0.39, 0.29) is 0 Å². The zero-order chi connectivity index (χ0) is 17.8. The summed E-state index contributed by atoms with van der Waals surface area (Å²) in [5.74, 6) is 2.06. The molecular weight excluding hydrogens is 314 g/mol. The second-order valence-corrected chi connectivity index (χ2v) is 6.84. The van der Waals surface area contributed by atoms with E-state index in [2.05, 4.69) is 42.3 Å². The maximum atomic E-state index is 9.51. The van der Waals surface area contributed by atoms with Crippen molar-refractivity contribution in [1.29, 1.82) is 0 Å². The topological polar surface area (TPSA) is 66.7 Å². The van der Waals surface area contributed by atoms with Crippen molar-refractivity contribution in [2.45, 2.75) is 40.0 Å². The van der Waals surface area contributed by atoms with Crippen molar-refractivity contribution in [2.24, 2.45) is 10.9 Å². The maximum Gasteiger partial charge on any atom is 0.230 e. The minimum absolute atomic E-state index is 0.376. The Morgan fingerprint density at radius 1 is 1.28 bits per heavy atom. The number of fused-ring (bicyclic) bond motifs is 1. The molecule has 0 aliphatic heterocycles. The molecule has 5 nitrogen and oxygen atoms in total. The Kier molecular flexibility index (Phi) is 5.34. The van der Waals surface area contributed by atoms with Crippen molar-refractivity contribution >= 4 is 5.84 Å². The minimum Gasteiger partial charge on any atom is -0.438 e. The van der Waals surface area contributed by atoms with Crippen LogP contribution in [0.5, 0.6) is 11.6 Å². The van der Waals surface area contributed by atoms with E-state index >= 15 is 0 Å². The first-order valence-electron chi connectivity index (χ1n) is 8.79. The molecule has 0 spiro atoms. The summed E-state index contributed by atoms with van der Waals surface area (Å²) in [7, 11) is 0. The number of hydrogen-bond donors (Lipinski definition) is 2. The number of rotatable bonds is 5. The van der Waals surface area contributed by atoms with Crippen molar-refractivity contribution in [3.8, 4) is 11.6 Å². The number of aromatic nitrogens is 1. The smallest absolute Gasteiger partial charge is 0.230 e. The van der Waals surface area contributed by atoms with Gasteiger partial charge in [0.1, 0.15) is 5.75 Å². The number of pyridine rings is 1. The van der Waals surface area contributed by atoms with Gasteiger partial charge >= 0.3 is 0 Å². The van der Waals surface area contributed by atoms with Crippen molar-refractivity contribution in [2.75, 3.05) is 6.54 Å². The molecule has 1 aliphatic rings. The van der Waals surface area contributed by atoms with Crippen molar-refractivity contribution in [3.63, 3.8) is 0 Å². The fourth-order valence-corrected chi connectivity index (χ4v) is 3.16. The molecule has 0 unspecified atom stereocenters. The third-order valence-electron chi connectivity index (χ3n) is 4.43. The van der Waals surface area contributed by atoms with Gasteiger partial charge in [0.25, 0.3) is 0 Å². The van der Waals surface area contributed by atoms with Crippen LogP contribution in [-0.2, 0) is 12.8 Å². The van der Waals surface area contributed by atoms with Crippen molar-refractivity contribution in [3.05, 3.63) is 52.7 Å². The average molecular weight is 339 g/mol.